The molecule has 3 rings (SSSR count). The highest BCUT2D eigenvalue weighted by molar-refractivity contribution is 7.86. The first-order valence-corrected chi connectivity index (χ1v) is 14.3. The summed E-state index contributed by atoms with van der Waals surface area (Å²) in [4.78, 5) is -0.229. The maximum absolute atomic E-state index is 11.0. The molecule has 2 N–H and O–H groups in total. The molecule has 192 valence electrons. The highest BCUT2D eigenvalue weighted by Gasteiger charge is 2.26. The number of hydrogen-bond donors (Lipinski definition) is 1. The lowest BCUT2D eigenvalue weighted by atomic mass is 10.1. The lowest BCUT2D eigenvalue weighted by Gasteiger charge is -2.39. The number of fused-ring (bicyclic) bond motifs is 1. The summed E-state index contributed by atoms with van der Waals surface area (Å²) < 4.78 is 34.2. The number of quaternary nitrogens is 1. The molecule has 0 heterocycles. The molecule has 3 aromatic rings. The Kier molecular flexibility index (Phi) is 11.7. The van der Waals surface area contributed by atoms with Crippen molar-refractivity contribution in [1.29, 1.82) is 0 Å². The molecule has 0 fully saturated rings. The van der Waals surface area contributed by atoms with Gasteiger partial charge in [-0.05, 0) is 31.4 Å². The predicted molar refractivity (Wildman–Crippen MR) is 146 cm³/mol. The zero-order valence-electron chi connectivity index (χ0n) is 21.6. The third-order valence-corrected chi connectivity index (χ3v) is 7.40. The lowest BCUT2D eigenvalue weighted by Crippen LogP contribution is -2.49. The Morgan fingerprint density at radius 2 is 1.20 bits per heavy atom. The molecule has 35 heavy (non-hydrogen) atoms. The molecule has 0 atom stereocenters. The van der Waals surface area contributed by atoms with E-state index < -0.39 is 10.1 Å². The second kappa shape index (κ2) is 14.2. The number of nitrogens with zero attached hydrogens (tertiary/aromatic N) is 1. The Morgan fingerprint density at radius 3 is 1.69 bits per heavy atom. The van der Waals surface area contributed by atoms with Crippen molar-refractivity contribution in [3.05, 3.63) is 72.3 Å². The molecule has 0 radical (unpaired) electrons. The summed E-state index contributed by atoms with van der Waals surface area (Å²) in [6.45, 7) is 12.2. The highest BCUT2D eigenvalue weighted by Crippen LogP contribution is 2.27. The van der Waals surface area contributed by atoms with Crippen LogP contribution in [-0.4, -0.2) is 37.1 Å². The third-order valence-electron chi connectivity index (χ3n) is 6.51. The quantitative estimate of drug-likeness (QED) is 0.170. The number of nitrogen functional groups attached to an aromatic ring is 1. The van der Waals surface area contributed by atoms with E-state index in [1.807, 2.05) is 0 Å². The maximum atomic E-state index is 11.0. The van der Waals surface area contributed by atoms with Crippen LogP contribution in [0.15, 0.2) is 71.6 Å². The van der Waals surface area contributed by atoms with Crippen molar-refractivity contribution in [2.45, 2.75) is 70.7 Å². The van der Waals surface area contributed by atoms with Gasteiger partial charge in [-0.25, -0.2) is 8.42 Å². The van der Waals surface area contributed by atoms with E-state index in [4.69, 9.17) is 5.73 Å². The number of anilines is 1. The van der Waals surface area contributed by atoms with E-state index in [0.29, 0.717) is 16.5 Å². The second-order valence-electron chi connectivity index (χ2n) is 9.37. The molecule has 5 nitrogen and oxygen atoms in total. The Labute approximate surface area is 212 Å². The summed E-state index contributed by atoms with van der Waals surface area (Å²) in [7, 11) is -4.45. The van der Waals surface area contributed by atoms with Gasteiger partial charge in [0.05, 0.1) is 24.5 Å². The summed E-state index contributed by atoms with van der Waals surface area (Å²) in [5, 5.41) is 0.946. The fourth-order valence-electron chi connectivity index (χ4n) is 4.54. The molecule has 0 spiro atoms. The third kappa shape index (κ3) is 8.95. The molecule has 0 aliphatic heterocycles. The van der Waals surface area contributed by atoms with E-state index >= 15 is 0 Å². The van der Waals surface area contributed by atoms with E-state index in [1.165, 1.54) is 86.9 Å². The number of benzene rings is 3. The van der Waals surface area contributed by atoms with Gasteiger partial charge in [-0.1, -0.05) is 94.6 Å². The van der Waals surface area contributed by atoms with Crippen LogP contribution in [0, 0.1) is 0 Å². The SMILES string of the molecule is CCCC[N+](CCCC)(CCCC)Cc1ccccc1.Nc1ccc(S(=O)(=O)[O-])c2ccccc12. The average molecular weight is 499 g/mol. The van der Waals surface area contributed by atoms with E-state index in [0.717, 1.165) is 0 Å². The Morgan fingerprint density at radius 1 is 0.714 bits per heavy atom. The number of nitrogens with two attached hydrogens (primary N) is 1. The van der Waals surface area contributed by atoms with E-state index in [9.17, 15) is 13.0 Å². The van der Waals surface area contributed by atoms with Crippen LogP contribution >= 0.6 is 0 Å². The zero-order chi connectivity index (χ0) is 25.7. The minimum absolute atomic E-state index is 0.229. The van der Waals surface area contributed by atoms with Crippen LogP contribution in [0.25, 0.3) is 10.8 Å². The number of rotatable bonds is 12. The van der Waals surface area contributed by atoms with Gasteiger partial charge in [0, 0.05) is 22.0 Å². The monoisotopic (exact) mass is 498 g/mol. The zero-order valence-corrected chi connectivity index (χ0v) is 22.4. The molecule has 0 saturated carbocycles. The molecule has 0 aliphatic carbocycles. The van der Waals surface area contributed by atoms with Crippen LogP contribution < -0.4 is 5.73 Å². The van der Waals surface area contributed by atoms with Crippen molar-refractivity contribution in [3.63, 3.8) is 0 Å². The molecule has 0 aliphatic rings. The number of hydrogen-bond acceptors (Lipinski definition) is 4. The summed E-state index contributed by atoms with van der Waals surface area (Å²) in [6, 6.07) is 20.4. The van der Waals surface area contributed by atoms with Gasteiger partial charge >= 0.3 is 0 Å². The molecule has 3 aromatic carbocycles. The van der Waals surface area contributed by atoms with Crippen molar-refractivity contribution in [1.82, 2.24) is 0 Å². The van der Waals surface area contributed by atoms with Gasteiger partial charge in [-0.15, -0.1) is 0 Å². The van der Waals surface area contributed by atoms with Crippen molar-refractivity contribution < 1.29 is 17.5 Å². The van der Waals surface area contributed by atoms with Gasteiger partial charge in [0.15, 0.2) is 0 Å². The maximum Gasteiger partial charge on any atom is 0.125 e. The summed E-state index contributed by atoms with van der Waals surface area (Å²) >= 11 is 0. The van der Waals surface area contributed by atoms with Crippen molar-refractivity contribution in [3.8, 4) is 0 Å². The van der Waals surface area contributed by atoms with Crippen LogP contribution in [0.5, 0.6) is 0 Å². The average Bonchev–Trinajstić information content (AvgIpc) is 2.85. The standard InChI is InChI=1S/C19H34N.C10H9NO3S/c1-4-7-15-20(16-8-5-2,17-9-6-3)18-19-13-11-10-12-14-19;11-9-5-6-10(15(12,13)14)8-4-2-1-3-7(8)9/h10-14H,4-9,15-18H2,1-3H3;1-6H,11H2,(H,12,13,14)/q+1;/p-1. The van der Waals surface area contributed by atoms with Gasteiger partial charge < -0.3 is 14.8 Å². The first kappa shape index (κ1) is 28.8. The topological polar surface area (TPSA) is 83.2 Å². The van der Waals surface area contributed by atoms with Crippen LogP contribution in [0.3, 0.4) is 0 Å². The first-order chi connectivity index (χ1) is 16.8. The fraction of sp³-hybridized carbons (Fsp3) is 0.448. The summed E-state index contributed by atoms with van der Waals surface area (Å²) in [5.41, 5.74) is 7.64. The van der Waals surface area contributed by atoms with E-state index in [1.54, 1.807) is 24.3 Å². The van der Waals surface area contributed by atoms with Gasteiger partial charge in [-0.3, -0.25) is 0 Å². The molecule has 0 aromatic heterocycles. The van der Waals surface area contributed by atoms with Crippen LogP contribution in [0.4, 0.5) is 5.69 Å². The Balaban J connectivity index is 0.000000256. The molecule has 0 amide bonds. The summed E-state index contributed by atoms with van der Waals surface area (Å²) in [5.74, 6) is 0. The largest absolute Gasteiger partial charge is 0.744 e. The molecule has 0 unspecified atom stereocenters. The molecule has 0 bridgehead atoms. The minimum atomic E-state index is -4.45. The first-order valence-electron chi connectivity index (χ1n) is 12.9. The molecular formula is C29H42N2O3S. The summed E-state index contributed by atoms with van der Waals surface area (Å²) in [6.07, 6.45) is 8.02. The van der Waals surface area contributed by atoms with Gasteiger partial charge in [0.25, 0.3) is 0 Å². The van der Waals surface area contributed by atoms with Gasteiger partial charge in [0.1, 0.15) is 16.7 Å². The van der Waals surface area contributed by atoms with Crippen molar-refractivity contribution in [2.75, 3.05) is 25.4 Å². The van der Waals surface area contributed by atoms with Gasteiger partial charge in [-0.2, -0.15) is 0 Å². The van der Waals surface area contributed by atoms with Crippen molar-refractivity contribution >= 4 is 26.6 Å². The van der Waals surface area contributed by atoms with E-state index in [2.05, 4.69) is 51.1 Å². The molecule has 0 saturated heterocycles. The van der Waals surface area contributed by atoms with Crippen LogP contribution in [-0.2, 0) is 16.7 Å². The predicted octanol–water partition coefficient (Wildman–Crippen LogP) is 6.73. The number of unbranched alkanes of at least 4 members (excludes halogenated alkanes) is 3. The Bertz CT molecular complexity index is 1110. The molecule has 6 heteroatoms. The minimum Gasteiger partial charge on any atom is -0.744 e. The lowest BCUT2D eigenvalue weighted by molar-refractivity contribution is -0.941. The van der Waals surface area contributed by atoms with E-state index in [-0.39, 0.29) is 4.90 Å². The van der Waals surface area contributed by atoms with Crippen LogP contribution in [0.1, 0.15) is 64.9 Å². The highest BCUT2D eigenvalue weighted by atomic mass is 32.2. The van der Waals surface area contributed by atoms with Crippen molar-refractivity contribution in [2.24, 2.45) is 0 Å². The second-order valence-corrected chi connectivity index (χ2v) is 10.7. The molecular weight excluding hydrogens is 456 g/mol. The smallest absolute Gasteiger partial charge is 0.125 e. The van der Waals surface area contributed by atoms with Gasteiger partial charge in [0.2, 0.25) is 0 Å². The normalized spacial score (nSPS) is 11.8. The fourth-order valence-corrected chi connectivity index (χ4v) is 5.22. The Hall–Kier alpha value is -2.41. The van der Waals surface area contributed by atoms with Crippen LogP contribution in [0.2, 0.25) is 0 Å².